The highest BCUT2D eigenvalue weighted by Gasteiger charge is 2.10. The highest BCUT2D eigenvalue weighted by molar-refractivity contribution is 7.15. The summed E-state index contributed by atoms with van der Waals surface area (Å²) >= 11 is 1.51. The molecule has 0 unspecified atom stereocenters. The summed E-state index contributed by atoms with van der Waals surface area (Å²) in [5.41, 5.74) is 0.590. The number of hydrogen-bond donors (Lipinski definition) is 1. The van der Waals surface area contributed by atoms with Crippen LogP contribution >= 0.6 is 11.3 Å². The van der Waals surface area contributed by atoms with E-state index in [0.29, 0.717) is 16.6 Å². The van der Waals surface area contributed by atoms with Gasteiger partial charge in [0.1, 0.15) is 5.75 Å². The molecular formula is C16H20N2O2S. The number of anilines is 1. The molecule has 0 fully saturated rings. The van der Waals surface area contributed by atoms with E-state index in [2.05, 4.69) is 24.1 Å². The third-order valence-electron chi connectivity index (χ3n) is 2.80. The van der Waals surface area contributed by atoms with Crippen LogP contribution in [0.15, 0.2) is 30.5 Å². The third-order valence-corrected chi connectivity index (χ3v) is 4.01. The van der Waals surface area contributed by atoms with Gasteiger partial charge in [-0.3, -0.25) is 10.1 Å². The van der Waals surface area contributed by atoms with Gasteiger partial charge in [0.25, 0.3) is 5.91 Å². The van der Waals surface area contributed by atoms with Crippen LogP contribution in [0.1, 0.15) is 48.8 Å². The Kier molecular flexibility index (Phi) is 4.96. The van der Waals surface area contributed by atoms with Gasteiger partial charge in [-0.2, -0.15) is 0 Å². The van der Waals surface area contributed by atoms with Crippen molar-refractivity contribution in [2.45, 2.75) is 39.7 Å². The predicted octanol–water partition coefficient (Wildman–Crippen LogP) is 4.31. The Hall–Kier alpha value is -1.88. The Morgan fingerprint density at radius 2 is 1.86 bits per heavy atom. The van der Waals surface area contributed by atoms with E-state index in [1.807, 2.05) is 20.0 Å². The number of ether oxygens (including phenoxy) is 1. The molecule has 0 saturated carbocycles. The van der Waals surface area contributed by atoms with Gasteiger partial charge >= 0.3 is 0 Å². The van der Waals surface area contributed by atoms with Crippen LogP contribution in [0.5, 0.6) is 5.75 Å². The van der Waals surface area contributed by atoms with Gasteiger partial charge in [0.2, 0.25) is 0 Å². The molecule has 1 aromatic heterocycles. The molecular weight excluding hydrogens is 284 g/mol. The first-order chi connectivity index (χ1) is 9.95. The maximum atomic E-state index is 12.1. The summed E-state index contributed by atoms with van der Waals surface area (Å²) in [7, 11) is 0. The quantitative estimate of drug-likeness (QED) is 0.895. The highest BCUT2D eigenvalue weighted by Crippen LogP contribution is 2.25. The van der Waals surface area contributed by atoms with E-state index < -0.39 is 0 Å². The second-order valence-electron chi connectivity index (χ2n) is 5.37. The van der Waals surface area contributed by atoms with Gasteiger partial charge < -0.3 is 4.74 Å². The monoisotopic (exact) mass is 304 g/mol. The molecule has 0 aliphatic carbocycles. The lowest BCUT2D eigenvalue weighted by Gasteiger charge is -2.09. The Balaban J connectivity index is 2.02. The summed E-state index contributed by atoms with van der Waals surface area (Å²) in [6.45, 7) is 8.14. The fourth-order valence-corrected chi connectivity index (χ4v) is 2.55. The van der Waals surface area contributed by atoms with Crippen molar-refractivity contribution in [3.63, 3.8) is 0 Å². The van der Waals surface area contributed by atoms with Gasteiger partial charge in [0.05, 0.1) is 6.10 Å². The standard InChI is InChI=1S/C16H20N2O2S/c1-10(2)14-9-17-16(21-14)18-15(19)12-5-7-13(8-6-12)20-11(3)4/h5-11H,1-4H3,(H,17,18,19). The minimum absolute atomic E-state index is 0.120. The molecule has 0 aliphatic heterocycles. The van der Waals surface area contributed by atoms with Crippen LogP contribution in [-0.4, -0.2) is 17.0 Å². The molecule has 1 N–H and O–H groups in total. The predicted molar refractivity (Wildman–Crippen MR) is 86.4 cm³/mol. The van der Waals surface area contributed by atoms with Gasteiger partial charge in [-0.1, -0.05) is 13.8 Å². The average Bonchev–Trinajstić information content (AvgIpc) is 2.87. The van der Waals surface area contributed by atoms with E-state index in [4.69, 9.17) is 4.74 Å². The fraction of sp³-hybridized carbons (Fsp3) is 0.375. The summed E-state index contributed by atoms with van der Waals surface area (Å²) in [5, 5.41) is 3.45. The van der Waals surface area contributed by atoms with Crippen molar-refractivity contribution in [1.29, 1.82) is 0 Å². The number of carbonyl (C=O) groups excluding carboxylic acids is 1. The lowest BCUT2D eigenvalue weighted by atomic mass is 10.2. The van der Waals surface area contributed by atoms with Crippen molar-refractivity contribution in [2.75, 3.05) is 5.32 Å². The number of aromatic nitrogens is 1. The Labute approximate surface area is 129 Å². The van der Waals surface area contributed by atoms with Crippen LogP contribution in [-0.2, 0) is 0 Å². The van der Waals surface area contributed by atoms with Crippen LogP contribution in [0.3, 0.4) is 0 Å². The molecule has 4 nitrogen and oxygen atoms in total. The van der Waals surface area contributed by atoms with Crippen LogP contribution in [0.25, 0.3) is 0 Å². The molecule has 1 amide bonds. The van der Waals surface area contributed by atoms with E-state index in [1.54, 1.807) is 24.3 Å². The smallest absolute Gasteiger partial charge is 0.257 e. The number of carbonyl (C=O) groups is 1. The summed E-state index contributed by atoms with van der Waals surface area (Å²) in [6.07, 6.45) is 1.93. The minimum atomic E-state index is -0.157. The van der Waals surface area contributed by atoms with E-state index in [9.17, 15) is 4.79 Å². The molecule has 1 aromatic carbocycles. The normalized spacial score (nSPS) is 11.0. The Bertz CT molecular complexity index is 603. The zero-order valence-corrected chi connectivity index (χ0v) is 13.5. The summed E-state index contributed by atoms with van der Waals surface area (Å²) < 4.78 is 5.55. The molecule has 0 saturated heterocycles. The minimum Gasteiger partial charge on any atom is -0.491 e. The molecule has 112 valence electrons. The van der Waals surface area contributed by atoms with E-state index >= 15 is 0 Å². The Morgan fingerprint density at radius 1 is 1.19 bits per heavy atom. The molecule has 0 radical (unpaired) electrons. The fourth-order valence-electron chi connectivity index (χ4n) is 1.74. The molecule has 0 aliphatic rings. The zero-order chi connectivity index (χ0) is 15.4. The number of hydrogen-bond acceptors (Lipinski definition) is 4. The highest BCUT2D eigenvalue weighted by atomic mass is 32.1. The topological polar surface area (TPSA) is 51.2 Å². The Morgan fingerprint density at radius 3 is 2.38 bits per heavy atom. The van der Waals surface area contributed by atoms with E-state index in [-0.39, 0.29) is 12.0 Å². The largest absolute Gasteiger partial charge is 0.491 e. The third kappa shape index (κ3) is 4.29. The maximum absolute atomic E-state index is 12.1. The van der Waals surface area contributed by atoms with Crippen molar-refractivity contribution in [3.05, 3.63) is 40.9 Å². The van der Waals surface area contributed by atoms with Gasteiger partial charge in [-0.15, -0.1) is 11.3 Å². The van der Waals surface area contributed by atoms with Gasteiger partial charge in [-0.05, 0) is 44.0 Å². The maximum Gasteiger partial charge on any atom is 0.257 e. The average molecular weight is 304 g/mol. The second kappa shape index (κ2) is 6.72. The lowest BCUT2D eigenvalue weighted by molar-refractivity contribution is 0.102. The zero-order valence-electron chi connectivity index (χ0n) is 12.7. The second-order valence-corrected chi connectivity index (χ2v) is 6.43. The van der Waals surface area contributed by atoms with Crippen LogP contribution in [0.2, 0.25) is 0 Å². The first-order valence-corrected chi connectivity index (χ1v) is 7.81. The summed E-state index contributed by atoms with van der Waals surface area (Å²) in [5.74, 6) is 1.02. The molecule has 1 heterocycles. The number of thiazole rings is 1. The van der Waals surface area contributed by atoms with Gasteiger partial charge in [0, 0.05) is 16.6 Å². The number of nitrogens with zero attached hydrogens (tertiary/aromatic N) is 1. The summed E-state index contributed by atoms with van der Waals surface area (Å²) in [4.78, 5) is 17.5. The number of benzene rings is 1. The molecule has 0 bridgehead atoms. The van der Waals surface area contributed by atoms with Gasteiger partial charge in [-0.25, -0.2) is 4.98 Å². The number of amides is 1. The molecule has 2 rings (SSSR count). The molecule has 21 heavy (non-hydrogen) atoms. The molecule has 5 heteroatoms. The molecule has 2 aromatic rings. The summed E-state index contributed by atoms with van der Waals surface area (Å²) in [6, 6.07) is 7.11. The molecule has 0 atom stereocenters. The van der Waals surface area contributed by atoms with Crippen molar-refractivity contribution in [1.82, 2.24) is 4.98 Å². The van der Waals surface area contributed by atoms with Crippen molar-refractivity contribution in [3.8, 4) is 5.75 Å². The first kappa shape index (κ1) is 15.5. The first-order valence-electron chi connectivity index (χ1n) is 6.99. The lowest BCUT2D eigenvalue weighted by Crippen LogP contribution is -2.11. The van der Waals surface area contributed by atoms with Crippen molar-refractivity contribution < 1.29 is 9.53 Å². The van der Waals surface area contributed by atoms with Crippen molar-refractivity contribution >= 4 is 22.4 Å². The van der Waals surface area contributed by atoms with Crippen LogP contribution < -0.4 is 10.1 Å². The van der Waals surface area contributed by atoms with Crippen LogP contribution in [0.4, 0.5) is 5.13 Å². The SMILES string of the molecule is CC(C)Oc1ccc(C(=O)Nc2ncc(C(C)C)s2)cc1. The number of rotatable bonds is 5. The van der Waals surface area contributed by atoms with E-state index in [0.717, 1.165) is 10.6 Å². The van der Waals surface area contributed by atoms with Crippen molar-refractivity contribution in [2.24, 2.45) is 0 Å². The molecule has 0 spiro atoms. The van der Waals surface area contributed by atoms with E-state index in [1.165, 1.54) is 11.3 Å². The van der Waals surface area contributed by atoms with Crippen LogP contribution in [0, 0.1) is 0 Å². The van der Waals surface area contributed by atoms with Gasteiger partial charge in [0.15, 0.2) is 5.13 Å². The number of nitrogens with one attached hydrogen (secondary N) is 1.